The number of piperidine rings is 1. The van der Waals surface area contributed by atoms with E-state index in [2.05, 4.69) is 9.97 Å². The predicted molar refractivity (Wildman–Crippen MR) is 95.4 cm³/mol. The molecule has 0 bridgehead atoms. The molecule has 138 valence electrons. The van der Waals surface area contributed by atoms with Crippen molar-refractivity contribution in [2.24, 2.45) is 0 Å². The fourth-order valence-corrected chi connectivity index (χ4v) is 3.16. The molecule has 0 N–H and O–H groups in total. The zero-order valence-electron chi connectivity index (χ0n) is 14.4. The Hall–Kier alpha value is -3.09. The number of amides is 1. The number of benzene rings is 2. The van der Waals surface area contributed by atoms with E-state index in [-0.39, 0.29) is 17.6 Å². The molecule has 4 rings (SSSR count). The van der Waals surface area contributed by atoms with Crippen molar-refractivity contribution in [3.8, 4) is 5.88 Å². The van der Waals surface area contributed by atoms with Crippen LogP contribution in [0.25, 0.3) is 11.0 Å². The zero-order chi connectivity index (χ0) is 18.8. The number of hydrogen-bond donors (Lipinski definition) is 0. The molecule has 1 aliphatic rings. The highest BCUT2D eigenvalue weighted by atomic mass is 19.2. The van der Waals surface area contributed by atoms with E-state index in [1.807, 2.05) is 24.3 Å². The van der Waals surface area contributed by atoms with E-state index in [4.69, 9.17) is 4.74 Å². The average molecular weight is 369 g/mol. The largest absolute Gasteiger partial charge is 0.473 e. The van der Waals surface area contributed by atoms with Gasteiger partial charge in [-0.1, -0.05) is 12.1 Å². The Morgan fingerprint density at radius 2 is 1.78 bits per heavy atom. The number of carbonyl (C=O) groups excluding carboxylic acids is 1. The van der Waals surface area contributed by atoms with Gasteiger partial charge in [0.1, 0.15) is 6.10 Å². The molecule has 0 saturated carbocycles. The quantitative estimate of drug-likeness (QED) is 0.708. The minimum Gasteiger partial charge on any atom is -0.473 e. The molecule has 0 radical (unpaired) electrons. The fourth-order valence-electron chi connectivity index (χ4n) is 3.16. The fraction of sp³-hybridized carbons (Fsp3) is 0.250. The lowest BCUT2D eigenvalue weighted by atomic mass is 10.1. The highest BCUT2D eigenvalue weighted by Gasteiger charge is 2.25. The molecule has 1 fully saturated rings. The number of likely N-dealkylation sites (tertiary alicyclic amines) is 1. The van der Waals surface area contributed by atoms with Crippen LogP contribution in [0.15, 0.2) is 48.7 Å². The van der Waals surface area contributed by atoms with Crippen molar-refractivity contribution >= 4 is 16.9 Å². The summed E-state index contributed by atoms with van der Waals surface area (Å²) in [6.45, 7) is 0.951. The summed E-state index contributed by atoms with van der Waals surface area (Å²) in [5.41, 5.74) is 1.71. The number of rotatable bonds is 3. The Balaban J connectivity index is 1.38. The van der Waals surface area contributed by atoms with Gasteiger partial charge in [-0.05, 0) is 30.3 Å². The Morgan fingerprint density at radius 1 is 1.04 bits per heavy atom. The highest BCUT2D eigenvalue weighted by Crippen LogP contribution is 2.21. The number of nitrogens with zero attached hydrogens (tertiary/aromatic N) is 3. The summed E-state index contributed by atoms with van der Waals surface area (Å²) >= 11 is 0. The molecular formula is C20H17F2N3O2. The van der Waals surface area contributed by atoms with Gasteiger partial charge in [0.15, 0.2) is 11.6 Å². The molecule has 1 aliphatic heterocycles. The lowest BCUT2D eigenvalue weighted by Crippen LogP contribution is -2.41. The third kappa shape index (κ3) is 3.72. The normalized spacial score (nSPS) is 15.1. The van der Waals surface area contributed by atoms with E-state index in [0.29, 0.717) is 31.8 Å². The summed E-state index contributed by atoms with van der Waals surface area (Å²) in [5, 5.41) is 0. The molecule has 0 spiro atoms. The van der Waals surface area contributed by atoms with E-state index in [9.17, 15) is 13.6 Å². The van der Waals surface area contributed by atoms with Crippen LogP contribution in [0.3, 0.4) is 0 Å². The first-order valence-corrected chi connectivity index (χ1v) is 8.73. The summed E-state index contributed by atoms with van der Waals surface area (Å²) in [7, 11) is 0. The van der Waals surface area contributed by atoms with Crippen molar-refractivity contribution in [3.05, 3.63) is 65.9 Å². The number of hydrogen-bond acceptors (Lipinski definition) is 4. The first-order chi connectivity index (χ1) is 13.1. The minimum atomic E-state index is -1.02. The van der Waals surface area contributed by atoms with Crippen molar-refractivity contribution in [3.63, 3.8) is 0 Å². The molecule has 0 atom stereocenters. The number of carbonyl (C=O) groups is 1. The number of halogens is 2. The Labute approximate surface area is 154 Å². The van der Waals surface area contributed by atoms with Crippen molar-refractivity contribution < 1.29 is 18.3 Å². The zero-order valence-corrected chi connectivity index (χ0v) is 14.4. The van der Waals surface area contributed by atoms with E-state index in [1.54, 1.807) is 11.1 Å². The van der Waals surface area contributed by atoms with E-state index < -0.39 is 11.6 Å². The van der Waals surface area contributed by atoms with Crippen molar-refractivity contribution in [2.45, 2.75) is 18.9 Å². The van der Waals surface area contributed by atoms with Crippen LogP contribution in [0, 0.1) is 11.6 Å². The topological polar surface area (TPSA) is 55.3 Å². The molecule has 1 aromatic heterocycles. The van der Waals surface area contributed by atoms with Crippen LogP contribution in [0.1, 0.15) is 23.2 Å². The van der Waals surface area contributed by atoms with Gasteiger partial charge in [0, 0.05) is 31.5 Å². The maximum atomic E-state index is 13.3. The maximum absolute atomic E-state index is 13.3. The molecule has 0 aliphatic carbocycles. The third-order valence-corrected chi connectivity index (χ3v) is 4.61. The summed E-state index contributed by atoms with van der Waals surface area (Å²) in [6, 6.07) is 10.8. The molecule has 0 unspecified atom stereocenters. The van der Waals surface area contributed by atoms with Gasteiger partial charge in [0.25, 0.3) is 5.91 Å². The smallest absolute Gasteiger partial charge is 0.253 e. The Bertz CT molecular complexity index is 988. The Morgan fingerprint density at radius 3 is 2.52 bits per heavy atom. The highest BCUT2D eigenvalue weighted by molar-refractivity contribution is 5.94. The van der Waals surface area contributed by atoms with Crippen LogP contribution in [0.4, 0.5) is 8.78 Å². The Kier molecular flexibility index (Phi) is 4.66. The van der Waals surface area contributed by atoms with Crippen LogP contribution in [-0.4, -0.2) is 40.0 Å². The van der Waals surface area contributed by atoms with Gasteiger partial charge in [0.05, 0.1) is 17.2 Å². The molecule has 7 heteroatoms. The SMILES string of the molecule is O=C(c1ccc(F)c(F)c1)N1CCC(Oc2cnc3ccccc3n2)CC1. The number of fused-ring (bicyclic) bond motifs is 1. The number of para-hydroxylation sites is 2. The van der Waals surface area contributed by atoms with E-state index >= 15 is 0 Å². The molecule has 27 heavy (non-hydrogen) atoms. The molecule has 2 heterocycles. The molecule has 5 nitrogen and oxygen atoms in total. The lowest BCUT2D eigenvalue weighted by molar-refractivity contribution is 0.0587. The van der Waals surface area contributed by atoms with Gasteiger partial charge < -0.3 is 9.64 Å². The summed E-state index contributed by atoms with van der Waals surface area (Å²) in [6.07, 6.45) is 2.78. The molecule has 2 aromatic carbocycles. The van der Waals surface area contributed by atoms with Gasteiger partial charge in [-0.15, -0.1) is 0 Å². The number of aromatic nitrogens is 2. The van der Waals surface area contributed by atoms with Gasteiger partial charge in [-0.25, -0.2) is 18.7 Å². The van der Waals surface area contributed by atoms with Gasteiger partial charge in [0.2, 0.25) is 5.88 Å². The second kappa shape index (κ2) is 7.26. The average Bonchev–Trinajstić information content (AvgIpc) is 2.70. The van der Waals surface area contributed by atoms with Crippen molar-refractivity contribution in [2.75, 3.05) is 13.1 Å². The molecule has 1 saturated heterocycles. The maximum Gasteiger partial charge on any atom is 0.253 e. The number of ether oxygens (including phenoxy) is 1. The predicted octanol–water partition coefficient (Wildman–Crippen LogP) is 3.59. The van der Waals surface area contributed by atoms with Gasteiger partial charge in [-0.3, -0.25) is 4.79 Å². The monoisotopic (exact) mass is 369 g/mol. The lowest BCUT2D eigenvalue weighted by Gasteiger charge is -2.32. The van der Waals surface area contributed by atoms with Crippen LogP contribution in [-0.2, 0) is 0 Å². The second-order valence-electron chi connectivity index (χ2n) is 6.44. The summed E-state index contributed by atoms with van der Waals surface area (Å²) < 4.78 is 32.3. The summed E-state index contributed by atoms with van der Waals surface area (Å²) in [4.78, 5) is 22.8. The van der Waals surface area contributed by atoms with Crippen LogP contribution < -0.4 is 4.74 Å². The van der Waals surface area contributed by atoms with E-state index in [0.717, 1.165) is 23.2 Å². The third-order valence-electron chi connectivity index (χ3n) is 4.61. The van der Waals surface area contributed by atoms with Crippen molar-refractivity contribution in [1.29, 1.82) is 0 Å². The van der Waals surface area contributed by atoms with Crippen LogP contribution >= 0.6 is 0 Å². The van der Waals surface area contributed by atoms with Gasteiger partial charge >= 0.3 is 0 Å². The van der Waals surface area contributed by atoms with Crippen LogP contribution in [0.2, 0.25) is 0 Å². The van der Waals surface area contributed by atoms with Crippen molar-refractivity contribution in [1.82, 2.24) is 14.9 Å². The summed E-state index contributed by atoms with van der Waals surface area (Å²) in [5.74, 6) is -1.83. The first kappa shape index (κ1) is 17.3. The first-order valence-electron chi connectivity index (χ1n) is 8.73. The van der Waals surface area contributed by atoms with E-state index in [1.165, 1.54) is 6.07 Å². The molecular weight excluding hydrogens is 352 g/mol. The molecule has 1 amide bonds. The minimum absolute atomic E-state index is 0.0746. The molecule has 3 aromatic rings. The van der Waals surface area contributed by atoms with Gasteiger partial charge in [-0.2, -0.15) is 0 Å². The second-order valence-corrected chi connectivity index (χ2v) is 6.44. The standard InChI is InChI=1S/C20H17F2N3O2/c21-15-6-5-13(11-16(15)22)20(26)25-9-7-14(8-10-25)27-19-12-23-17-3-1-2-4-18(17)24-19/h1-6,11-12,14H,7-10H2. The van der Waals surface area contributed by atoms with Crippen LogP contribution in [0.5, 0.6) is 5.88 Å².